The summed E-state index contributed by atoms with van der Waals surface area (Å²) in [6.07, 6.45) is -0.146. The van der Waals surface area contributed by atoms with Crippen LogP contribution < -0.4 is 25.5 Å². The molecule has 0 bridgehead atoms. The van der Waals surface area contributed by atoms with Crippen LogP contribution in [0, 0.1) is 11.3 Å². The van der Waals surface area contributed by atoms with Gasteiger partial charge in [-0.05, 0) is 53.6 Å². The molecule has 1 aromatic heterocycles. The Balaban J connectivity index is 1.36. The average Bonchev–Trinajstić information content (AvgIpc) is 3.80. The van der Waals surface area contributed by atoms with Crippen molar-refractivity contribution in [2.45, 2.75) is 70.7 Å². The number of methoxy groups -OCH3 is 1. The van der Waals surface area contributed by atoms with Gasteiger partial charge in [0.25, 0.3) is 5.91 Å². The van der Waals surface area contributed by atoms with E-state index in [9.17, 15) is 27.9 Å². The van der Waals surface area contributed by atoms with Crippen molar-refractivity contribution in [1.29, 1.82) is 0 Å². The number of carbonyl (C=O) groups excluding carboxylic acids is 3. The van der Waals surface area contributed by atoms with Crippen molar-refractivity contribution in [1.82, 2.24) is 30.8 Å². The summed E-state index contributed by atoms with van der Waals surface area (Å²) < 4.78 is 52.6. The number of pyridine rings is 1. The fourth-order valence-electron chi connectivity index (χ4n) is 6.64. The number of rotatable bonds is 18. The van der Waals surface area contributed by atoms with Crippen LogP contribution in [0.3, 0.4) is 0 Å². The van der Waals surface area contributed by atoms with Crippen molar-refractivity contribution in [2.75, 3.05) is 46.3 Å². The molecule has 5 unspecified atom stereocenters. The van der Waals surface area contributed by atoms with E-state index in [-0.39, 0.29) is 45.2 Å². The Kier molecular flexibility index (Phi) is 15.4. The first-order chi connectivity index (χ1) is 27.6. The second-order valence-corrected chi connectivity index (χ2v) is 17.2. The van der Waals surface area contributed by atoms with E-state index in [1.165, 1.54) is 12.1 Å². The van der Waals surface area contributed by atoms with Gasteiger partial charge >= 0.3 is 12.2 Å². The van der Waals surface area contributed by atoms with Crippen LogP contribution in [0.15, 0.2) is 72.9 Å². The Labute approximate surface area is 339 Å². The monoisotopic (exact) mass is 826 g/mol. The average molecular weight is 827 g/mol. The first-order valence-corrected chi connectivity index (χ1v) is 20.9. The Morgan fingerprint density at radius 1 is 0.983 bits per heavy atom. The van der Waals surface area contributed by atoms with Crippen LogP contribution >= 0.6 is 0 Å². The number of nitrogens with zero attached hydrogens (tertiary/aromatic N) is 2. The number of sulfonamides is 1. The third-order valence-electron chi connectivity index (χ3n) is 9.66. The van der Waals surface area contributed by atoms with Gasteiger partial charge < -0.3 is 39.4 Å². The zero-order valence-electron chi connectivity index (χ0n) is 33.4. The first kappa shape index (κ1) is 44.3. The van der Waals surface area contributed by atoms with Crippen molar-refractivity contribution in [3.63, 3.8) is 0 Å². The molecule has 0 aliphatic carbocycles. The normalized spacial score (nSPS) is 19.4. The topological polar surface area (TPSA) is 216 Å². The molecule has 3 amide bonds. The largest absolute Gasteiger partial charge is 0.492 e. The number of hydrazine groups is 1. The van der Waals surface area contributed by atoms with Crippen LogP contribution in [0.4, 0.5) is 9.59 Å². The summed E-state index contributed by atoms with van der Waals surface area (Å²) in [6.45, 7) is 6.27. The molecule has 5 rings (SSSR count). The highest BCUT2D eigenvalue weighted by molar-refractivity contribution is 7.88. The van der Waals surface area contributed by atoms with E-state index in [1.807, 2.05) is 42.5 Å². The van der Waals surface area contributed by atoms with Gasteiger partial charge in [-0.25, -0.2) is 27.7 Å². The van der Waals surface area contributed by atoms with Crippen LogP contribution in [-0.2, 0) is 46.7 Å². The fraction of sp³-hybridized carbons (Fsp3) is 0.500. The Morgan fingerprint density at radius 2 is 1.71 bits per heavy atom. The summed E-state index contributed by atoms with van der Waals surface area (Å²) in [4.78, 5) is 44.0. The number of nitrogens with one attached hydrogen (secondary N) is 4. The third kappa shape index (κ3) is 13.4. The van der Waals surface area contributed by atoms with Gasteiger partial charge in [0.15, 0.2) is 6.29 Å². The van der Waals surface area contributed by atoms with Gasteiger partial charge in [0.05, 0.1) is 50.3 Å². The zero-order valence-corrected chi connectivity index (χ0v) is 34.2. The molecule has 2 aromatic carbocycles. The zero-order chi connectivity index (χ0) is 41.9. The maximum absolute atomic E-state index is 13.9. The molecule has 2 fully saturated rings. The molecule has 18 heteroatoms. The molecule has 3 heterocycles. The van der Waals surface area contributed by atoms with Crippen molar-refractivity contribution in [3.8, 4) is 17.0 Å². The molecule has 58 heavy (non-hydrogen) atoms. The molecule has 0 saturated carbocycles. The second kappa shape index (κ2) is 20.2. The maximum atomic E-state index is 13.9. The number of amides is 3. The highest BCUT2D eigenvalue weighted by atomic mass is 32.2. The smallest absolute Gasteiger partial charge is 0.407 e. The number of ether oxygens (including phenoxy) is 5. The summed E-state index contributed by atoms with van der Waals surface area (Å²) in [5.41, 5.74) is 5.37. The van der Waals surface area contributed by atoms with Gasteiger partial charge in [0, 0.05) is 31.4 Å². The highest BCUT2D eigenvalue weighted by Gasteiger charge is 2.44. The lowest BCUT2D eigenvalue weighted by Crippen LogP contribution is -2.59. The van der Waals surface area contributed by atoms with E-state index in [0.717, 1.165) is 28.6 Å². The molecular weight excluding hydrogens is 773 g/mol. The van der Waals surface area contributed by atoms with E-state index < -0.39 is 64.1 Å². The lowest BCUT2D eigenvalue weighted by Gasteiger charge is -2.34. The molecule has 0 radical (unpaired) electrons. The molecule has 5 N–H and O–H groups in total. The van der Waals surface area contributed by atoms with Crippen LogP contribution in [0.2, 0.25) is 0 Å². The molecule has 2 aliphatic heterocycles. The Morgan fingerprint density at radius 3 is 2.36 bits per heavy atom. The second-order valence-electron chi connectivity index (χ2n) is 15.4. The predicted octanol–water partition coefficient (Wildman–Crippen LogP) is 2.74. The van der Waals surface area contributed by atoms with E-state index in [0.29, 0.717) is 18.8 Å². The van der Waals surface area contributed by atoms with Crippen molar-refractivity contribution < 1.29 is 51.6 Å². The molecular formula is C40H54N6O11S. The Bertz CT molecular complexity index is 1910. The number of hydrogen-bond acceptors (Lipinski definition) is 13. The summed E-state index contributed by atoms with van der Waals surface area (Å²) >= 11 is 0. The molecule has 0 spiro atoms. The molecule has 17 nitrogen and oxygen atoms in total. The van der Waals surface area contributed by atoms with Gasteiger partial charge in [-0.1, -0.05) is 63.2 Å². The maximum Gasteiger partial charge on any atom is 0.407 e. The van der Waals surface area contributed by atoms with Crippen LogP contribution in [0.5, 0.6) is 5.75 Å². The van der Waals surface area contributed by atoms with Crippen molar-refractivity contribution in [2.24, 2.45) is 11.3 Å². The number of alkyl carbamates (subject to hydrolysis) is 2. The minimum absolute atomic E-state index is 0.0946. The number of aliphatic hydroxyl groups excluding tert-OH is 1. The number of hydrogen-bond donors (Lipinski definition) is 5. The van der Waals surface area contributed by atoms with Crippen molar-refractivity contribution in [3.05, 3.63) is 84.1 Å². The SMILES string of the molecule is COC(=O)NC(C(=O)NN(Cc1ccc(-c2ccccn2)cc1)C[C@H](O)C(Cc1ccc(OCCNS(C)(=O)=O)cc1)NC(=O)OC1COC2OCCC12)C(C)(C)C. The van der Waals surface area contributed by atoms with Gasteiger partial charge in [-0.3, -0.25) is 15.2 Å². The van der Waals surface area contributed by atoms with E-state index >= 15 is 0 Å². The van der Waals surface area contributed by atoms with Crippen molar-refractivity contribution >= 4 is 28.1 Å². The summed E-state index contributed by atoms with van der Waals surface area (Å²) in [7, 11) is -2.14. The summed E-state index contributed by atoms with van der Waals surface area (Å²) in [6, 6.07) is 18.2. The minimum atomic E-state index is -3.35. The van der Waals surface area contributed by atoms with E-state index in [1.54, 1.807) is 51.2 Å². The fourth-order valence-corrected chi connectivity index (χ4v) is 7.09. The molecule has 2 saturated heterocycles. The van der Waals surface area contributed by atoms with E-state index in [2.05, 4.69) is 25.8 Å². The van der Waals surface area contributed by atoms with Gasteiger partial charge in [-0.2, -0.15) is 0 Å². The standard InChI is InChI=1S/C40H54N6O11S/c1-40(2,3)35(44-38(49)53-4)36(48)45-46(23-27-9-13-28(14-10-27)31-8-6-7-18-41-31)24-33(47)32(43-39(50)57-34-25-56-37-30(34)17-20-55-37)22-26-11-15-29(16-12-26)54-21-19-42-58(5,51)52/h6-16,18,30,32-35,37,42,47H,17,19-25H2,1-5H3,(H,43,50)(H,44,49)(H,45,48)/t30?,32?,33-,34?,35?,37?/m0/s1. The van der Waals surface area contributed by atoms with Crippen LogP contribution in [0.25, 0.3) is 11.3 Å². The van der Waals surface area contributed by atoms with Gasteiger partial charge in [-0.15, -0.1) is 0 Å². The number of benzene rings is 2. The van der Waals surface area contributed by atoms with E-state index in [4.69, 9.17) is 23.7 Å². The molecule has 2 aliphatic rings. The highest BCUT2D eigenvalue weighted by Crippen LogP contribution is 2.33. The Hall–Kier alpha value is -4.85. The predicted molar refractivity (Wildman–Crippen MR) is 212 cm³/mol. The third-order valence-corrected chi connectivity index (χ3v) is 10.4. The number of aliphatic hydroxyl groups is 1. The molecule has 316 valence electrons. The number of fused-ring (bicyclic) bond motifs is 1. The number of carbonyl (C=O) groups is 3. The molecule has 6 atom stereocenters. The van der Waals surface area contributed by atoms with Crippen LogP contribution in [-0.4, -0.2) is 118 Å². The quantitative estimate of drug-likeness (QED) is 0.0923. The minimum Gasteiger partial charge on any atom is -0.492 e. The molecule has 3 aromatic rings. The van der Waals surface area contributed by atoms with Gasteiger partial charge in [0.1, 0.15) is 24.5 Å². The van der Waals surface area contributed by atoms with Gasteiger partial charge in [0.2, 0.25) is 10.0 Å². The lowest BCUT2D eigenvalue weighted by atomic mass is 9.86. The summed E-state index contributed by atoms with van der Waals surface area (Å²) in [5.74, 6) is -0.149. The number of aromatic nitrogens is 1. The summed E-state index contributed by atoms with van der Waals surface area (Å²) in [5, 5.41) is 18.9. The van der Waals surface area contributed by atoms with Crippen LogP contribution in [0.1, 0.15) is 38.3 Å². The first-order valence-electron chi connectivity index (χ1n) is 19.0. The lowest BCUT2D eigenvalue weighted by molar-refractivity contribution is -0.131.